The average molecular weight is 349 g/mol. The number of fused-ring (bicyclic) bond motifs is 1. The van der Waals surface area contributed by atoms with E-state index in [2.05, 4.69) is 39.2 Å². The van der Waals surface area contributed by atoms with Gasteiger partial charge in [0.1, 0.15) is 17.8 Å². The third kappa shape index (κ3) is 3.54. The molecular formula is C16H17BrN2O2. The van der Waals surface area contributed by atoms with Crippen molar-refractivity contribution in [2.75, 3.05) is 13.2 Å². The van der Waals surface area contributed by atoms with E-state index in [1.54, 1.807) is 0 Å². The molecular weight excluding hydrogens is 332 g/mol. The molecule has 0 aliphatic carbocycles. The molecule has 1 aromatic carbocycles. The SMILES string of the molecule is CC(NCc1cccc(Br)n1)c1ccc2c(c1)OCCO2. The van der Waals surface area contributed by atoms with Crippen LogP contribution in [0, 0.1) is 0 Å². The van der Waals surface area contributed by atoms with Gasteiger partial charge >= 0.3 is 0 Å². The molecule has 3 rings (SSSR count). The van der Waals surface area contributed by atoms with Gasteiger partial charge in [0, 0.05) is 12.6 Å². The van der Waals surface area contributed by atoms with Gasteiger partial charge in [-0.15, -0.1) is 0 Å². The minimum Gasteiger partial charge on any atom is -0.486 e. The predicted molar refractivity (Wildman–Crippen MR) is 84.6 cm³/mol. The summed E-state index contributed by atoms with van der Waals surface area (Å²) in [5, 5.41) is 3.47. The third-order valence-corrected chi connectivity index (χ3v) is 3.87. The van der Waals surface area contributed by atoms with Crippen LogP contribution in [0.1, 0.15) is 24.2 Å². The molecule has 5 heteroatoms. The molecule has 4 nitrogen and oxygen atoms in total. The molecule has 1 aromatic heterocycles. The summed E-state index contributed by atoms with van der Waals surface area (Å²) in [6.45, 7) is 4.08. The van der Waals surface area contributed by atoms with E-state index < -0.39 is 0 Å². The van der Waals surface area contributed by atoms with Crippen LogP contribution in [0.3, 0.4) is 0 Å². The third-order valence-electron chi connectivity index (χ3n) is 3.43. The van der Waals surface area contributed by atoms with Crippen LogP contribution < -0.4 is 14.8 Å². The molecule has 0 radical (unpaired) electrons. The van der Waals surface area contributed by atoms with E-state index in [0.717, 1.165) is 28.3 Å². The molecule has 110 valence electrons. The summed E-state index contributed by atoms with van der Waals surface area (Å²) >= 11 is 3.39. The Balaban J connectivity index is 1.66. The monoisotopic (exact) mass is 348 g/mol. The maximum Gasteiger partial charge on any atom is 0.161 e. The van der Waals surface area contributed by atoms with E-state index in [4.69, 9.17) is 9.47 Å². The quantitative estimate of drug-likeness (QED) is 0.859. The van der Waals surface area contributed by atoms with Crippen LogP contribution in [0.5, 0.6) is 11.5 Å². The summed E-state index contributed by atoms with van der Waals surface area (Å²) in [4.78, 5) is 4.42. The predicted octanol–water partition coefficient (Wildman–Crippen LogP) is 3.47. The maximum atomic E-state index is 5.62. The Morgan fingerprint density at radius 3 is 2.81 bits per heavy atom. The topological polar surface area (TPSA) is 43.4 Å². The van der Waals surface area contributed by atoms with Gasteiger partial charge in [0.05, 0.1) is 5.69 Å². The average Bonchev–Trinajstić information content (AvgIpc) is 2.52. The molecule has 21 heavy (non-hydrogen) atoms. The van der Waals surface area contributed by atoms with E-state index in [-0.39, 0.29) is 6.04 Å². The van der Waals surface area contributed by atoms with Gasteiger partial charge in [-0.05, 0) is 52.7 Å². The van der Waals surface area contributed by atoms with Crippen molar-refractivity contribution in [1.82, 2.24) is 10.3 Å². The van der Waals surface area contributed by atoms with Crippen LogP contribution in [-0.4, -0.2) is 18.2 Å². The Morgan fingerprint density at radius 2 is 2.00 bits per heavy atom. The summed E-state index contributed by atoms with van der Waals surface area (Å²) in [5.41, 5.74) is 2.18. The van der Waals surface area contributed by atoms with E-state index in [9.17, 15) is 0 Å². The first-order chi connectivity index (χ1) is 10.2. The smallest absolute Gasteiger partial charge is 0.161 e. The van der Waals surface area contributed by atoms with E-state index >= 15 is 0 Å². The molecule has 2 heterocycles. The van der Waals surface area contributed by atoms with Crippen LogP contribution in [0.4, 0.5) is 0 Å². The Bertz CT molecular complexity index is 633. The van der Waals surface area contributed by atoms with Crippen molar-refractivity contribution in [2.45, 2.75) is 19.5 Å². The van der Waals surface area contributed by atoms with Crippen molar-refractivity contribution < 1.29 is 9.47 Å². The summed E-state index contributed by atoms with van der Waals surface area (Å²) < 4.78 is 12.0. The fourth-order valence-corrected chi connectivity index (χ4v) is 2.63. The van der Waals surface area contributed by atoms with Crippen molar-refractivity contribution >= 4 is 15.9 Å². The lowest BCUT2D eigenvalue weighted by atomic mass is 10.1. The largest absolute Gasteiger partial charge is 0.486 e. The second-order valence-electron chi connectivity index (χ2n) is 4.96. The van der Waals surface area contributed by atoms with Gasteiger partial charge in [-0.3, -0.25) is 0 Å². The van der Waals surface area contributed by atoms with Crippen molar-refractivity contribution in [2.24, 2.45) is 0 Å². The summed E-state index contributed by atoms with van der Waals surface area (Å²) in [7, 11) is 0. The highest BCUT2D eigenvalue weighted by molar-refractivity contribution is 9.10. The minimum atomic E-state index is 0.210. The van der Waals surface area contributed by atoms with Crippen molar-refractivity contribution in [3.05, 3.63) is 52.3 Å². The molecule has 0 fully saturated rings. The van der Waals surface area contributed by atoms with Gasteiger partial charge < -0.3 is 14.8 Å². The fourth-order valence-electron chi connectivity index (χ4n) is 2.25. The number of benzene rings is 1. The molecule has 0 saturated carbocycles. The van der Waals surface area contributed by atoms with E-state index in [0.29, 0.717) is 13.2 Å². The first-order valence-corrected chi connectivity index (χ1v) is 7.76. The van der Waals surface area contributed by atoms with Crippen molar-refractivity contribution in [1.29, 1.82) is 0 Å². The van der Waals surface area contributed by atoms with E-state index in [1.807, 2.05) is 30.3 Å². The second-order valence-corrected chi connectivity index (χ2v) is 5.77. The molecule has 0 amide bonds. The van der Waals surface area contributed by atoms with Crippen molar-refractivity contribution in [3.63, 3.8) is 0 Å². The molecule has 0 spiro atoms. The van der Waals surface area contributed by atoms with Crippen LogP contribution in [-0.2, 0) is 6.54 Å². The lowest BCUT2D eigenvalue weighted by Gasteiger charge is -2.21. The summed E-state index contributed by atoms with van der Waals surface area (Å²) in [6, 6.07) is 12.2. The fraction of sp³-hybridized carbons (Fsp3) is 0.312. The van der Waals surface area contributed by atoms with Gasteiger partial charge in [-0.25, -0.2) is 4.98 Å². The normalized spacial score (nSPS) is 14.8. The highest BCUT2D eigenvalue weighted by Crippen LogP contribution is 2.32. The molecule has 1 aliphatic heterocycles. The first-order valence-electron chi connectivity index (χ1n) is 6.97. The maximum absolute atomic E-state index is 5.62. The highest BCUT2D eigenvalue weighted by atomic mass is 79.9. The zero-order valence-corrected chi connectivity index (χ0v) is 13.4. The standard InChI is InChI=1S/C16H17BrN2O2/c1-11(18-10-13-3-2-4-16(17)19-13)12-5-6-14-15(9-12)21-8-7-20-14/h2-6,9,11,18H,7-8,10H2,1H3. The number of pyridine rings is 1. The number of aromatic nitrogens is 1. The van der Waals surface area contributed by atoms with Crippen LogP contribution in [0.2, 0.25) is 0 Å². The molecule has 1 aliphatic rings. The number of hydrogen-bond donors (Lipinski definition) is 1. The molecule has 2 aromatic rings. The number of ether oxygens (including phenoxy) is 2. The summed E-state index contributed by atoms with van der Waals surface area (Å²) in [6.07, 6.45) is 0. The van der Waals surface area contributed by atoms with Gasteiger partial charge in [0.25, 0.3) is 0 Å². The molecule has 0 bridgehead atoms. The lowest BCUT2D eigenvalue weighted by molar-refractivity contribution is 0.171. The Morgan fingerprint density at radius 1 is 1.19 bits per heavy atom. The molecule has 1 N–H and O–H groups in total. The number of halogens is 1. The Kier molecular flexibility index (Phi) is 4.41. The van der Waals surface area contributed by atoms with E-state index in [1.165, 1.54) is 5.56 Å². The lowest BCUT2D eigenvalue weighted by Crippen LogP contribution is -2.20. The second kappa shape index (κ2) is 6.45. The van der Waals surface area contributed by atoms with Gasteiger partial charge in [-0.1, -0.05) is 12.1 Å². The van der Waals surface area contributed by atoms with Gasteiger partial charge in [0.15, 0.2) is 11.5 Å². The zero-order chi connectivity index (χ0) is 14.7. The molecule has 0 saturated heterocycles. The van der Waals surface area contributed by atoms with Gasteiger partial charge in [-0.2, -0.15) is 0 Å². The first kappa shape index (κ1) is 14.4. The zero-order valence-electron chi connectivity index (χ0n) is 11.8. The molecule has 1 unspecified atom stereocenters. The van der Waals surface area contributed by atoms with Crippen LogP contribution in [0.15, 0.2) is 41.0 Å². The van der Waals surface area contributed by atoms with Crippen molar-refractivity contribution in [3.8, 4) is 11.5 Å². The Labute approximate surface area is 132 Å². The minimum absolute atomic E-state index is 0.210. The number of rotatable bonds is 4. The number of nitrogens with zero attached hydrogens (tertiary/aromatic N) is 1. The number of hydrogen-bond acceptors (Lipinski definition) is 4. The Hall–Kier alpha value is -1.59. The highest BCUT2D eigenvalue weighted by Gasteiger charge is 2.14. The van der Waals surface area contributed by atoms with Crippen LogP contribution >= 0.6 is 15.9 Å². The molecule has 1 atom stereocenters. The summed E-state index contributed by atoms with van der Waals surface area (Å²) in [5.74, 6) is 1.65. The number of nitrogens with one attached hydrogen (secondary N) is 1. The van der Waals surface area contributed by atoms with Crippen LogP contribution in [0.25, 0.3) is 0 Å². The van der Waals surface area contributed by atoms with Gasteiger partial charge in [0.2, 0.25) is 0 Å².